The van der Waals surface area contributed by atoms with Crippen LogP contribution >= 0.6 is 15.9 Å². The summed E-state index contributed by atoms with van der Waals surface area (Å²) in [5.74, 6) is 1.71. The largest absolute Gasteiger partial charge is 0.493 e. The van der Waals surface area contributed by atoms with Gasteiger partial charge in [0, 0.05) is 17.0 Å². The van der Waals surface area contributed by atoms with Crippen molar-refractivity contribution in [1.29, 1.82) is 0 Å². The van der Waals surface area contributed by atoms with Crippen LogP contribution in [0.5, 0.6) is 11.5 Å². The molecule has 0 heterocycles. The number of rotatable bonds is 9. The fourth-order valence-corrected chi connectivity index (χ4v) is 1.99. The van der Waals surface area contributed by atoms with Crippen LogP contribution in [0.3, 0.4) is 0 Å². The van der Waals surface area contributed by atoms with Gasteiger partial charge in [0.25, 0.3) is 0 Å². The Morgan fingerprint density at radius 1 is 1.11 bits per heavy atom. The van der Waals surface area contributed by atoms with Gasteiger partial charge in [0.15, 0.2) is 0 Å². The van der Waals surface area contributed by atoms with Crippen molar-refractivity contribution < 1.29 is 14.2 Å². The molecule has 0 amide bonds. The first-order chi connectivity index (χ1) is 9.17. The lowest BCUT2D eigenvalue weighted by molar-refractivity contribution is 0.0550. The van der Waals surface area contributed by atoms with Gasteiger partial charge in [0.1, 0.15) is 18.1 Å². The Labute approximate surface area is 124 Å². The van der Waals surface area contributed by atoms with E-state index in [1.54, 1.807) is 0 Å². The molecule has 19 heavy (non-hydrogen) atoms. The van der Waals surface area contributed by atoms with E-state index in [0.29, 0.717) is 13.2 Å². The van der Waals surface area contributed by atoms with E-state index < -0.39 is 0 Å². The van der Waals surface area contributed by atoms with Crippen molar-refractivity contribution in [2.75, 3.05) is 19.8 Å². The van der Waals surface area contributed by atoms with Crippen molar-refractivity contribution in [3.05, 3.63) is 23.8 Å². The van der Waals surface area contributed by atoms with Gasteiger partial charge in [-0.15, -0.1) is 0 Å². The molecule has 3 nitrogen and oxygen atoms in total. The third kappa shape index (κ3) is 6.30. The molecule has 0 fully saturated rings. The molecule has 108 valence electrons. The number of ether oxygens (including phenoxy) is 3. The zero-order valence-corrected chi connectivity index (χ0v) is 13.5. The van der Waals surface area contributed by atoms with Gasteiger partial charge < -0.3 is 14.2 Å². The first-order valence-electron chi connectivity index (χ1n) is 6.73. The number of halogens is 1. The third-order valence-electron chi connectivity index (χ3n) is 2.45. The summed E-state index contributed by atoms with van der Waals surface area (Å²) in [7, 11) is 0. The summed E-state index contributed by atoms with van der Waals surface area (Å²) >= 11 is 3.47. The fourth-order valence-electron chi connectivity index (χ4n) is 1.52. The van der Waals surface area contributed by atoms with Gasteiger partial charge >= 0.3 is 0 Å². The van der Waals surface area contributed by atoms with Gasteiger partial charge in [-0.1, -0.05) is 28.9 Å². The second kappa shape index (κ2) is 9.21. The summed E-state index contributed by atoms with van der Waals surface area (Å²) in [6.07, 6.45) is 1.23. The monoisotopic (exact) mass is 330 g/mol. The minimum Gasteiger partial charge on any atom is -0.493 e. The van der Waals surface area contributed by atoms with Gasteiger partial charge in [-0.25, -0.2) is 0 Å². The normalized spacial score (nSPS) is 10.8. The second-order valence-electron chi connectivity index (χ2n) is 4.52. The third-order valence-corrected chi connectivity index (χ3v) is 3.05. The van der Waals surface area contributed by atoms with Crippen molar-refractivity contribution in [1.82, 2.24) is 0 Å². The lowest BCUT2D eigenvalue weighted by Gasteiger charge is -2.13. The van der Waals surface area contributed by atoms with Crippen molar-refractivity contribution in [2.24, 2.45) is 0 Å². The van der Waals surface area contributed by atoms with Crippen LogP contribution in [0.1, 0.15) is 32.8 Å². The second-order valence-corrected chi connectivity index (χ2v) is 5.08. The topological polar surface area (TPSA) is 27.7 Å². The Morgan fingerprint density at radius 2 is 1.89 bits per heavy atom. The van der Waals surface area contributed by atoms with Gasteiger partial charge in [0.2, 0.25) is 0 Å². The van der Waals surface area contributed by atoms with E-state index in [4.69, 9.17) is 14.2 Å². The lowest BCUT2D eigenvalue weighted by atomic mass is 10.2. The molecule has 0 radical (unpaired) electrons. The van der Waals surface area contributed by atoms with Crippen LogP contribution in [0.2, 0.25) is 0 Å². The maximum Gasteiger partial charge on any atom is 0.127 e. The SMILES string of the molecule is CCCOc1ccc(CBr)c(OCCOC(C)C)c1. The smallest absolute Gasteiger partial charge is 0.127 e. The van der Waals surface area contributed by atoms with Crippen molar-refractivity contribution in [3.63, 3.8) is 0 Å². The van der Waals surface area contributed by atoms with Crippen LogP contribution in [0, 0.1) is 0 Å². The molecule has 1 rings (SSSR count). The van der Waals surface area contributed by atoms with Crippen LogP contribution in [-0.4, -0.2) is 25.9 Å². The summed E-state index contributed by atoms with van der Waals surface area (Å²) in [6.45, 7) is 8.00. The average molecular weight is 331 g/mol. The molecule has 1 aromatic rings. The minimum atomic E-state index is 0.235. The zero-order chi connectivity index (χ0) is 14.1. The summed E-state index contributed by atoms with van der Waals surface area (Å²) in [5, 5.41) is 0.765. The van der Waals surface area contributed by atoms with E-state index in [1.807, 2.05) is 32.0 Å². The molecule has 4 heteroatoms. The highest BCUT2D eigenvalue weighted by Crippen LogP contribution is 2.27. The Hall–Kier alpha value is -0.740. The predicted octanol–water partition coefficient (Wildman–Crippen LogP) is 4.17. The van der Waals surface area contributed by atoms with Crippen LogP contribution in [0.15, 0.2) is 18.2 Å². The first-order valence-corrected chi connectivity index (χ1v) is 7.85. The highest BCUT2D eigenvalue weighted by atomic mass is 79.9. The molecule has 0 unspecified atom stereocenters. The Kier molecular flexibility index (Phi) is 7.91. The first kappa shape index (κ1) is 16.3. The predicted molar refractivity (Wildman–Crippen MR) is 81.4 cm³/mol. The van der Waals surface area contributed by atoms with Crippen LogP contribution < -0.4 is 9.47 Å². The molecular weight excluding hydrogens is 308 g/mol. The Morgan fingerprint density at radius 3 is 2.53 bits per heavy atom. The van der Waals surface area contributed by atoms with E-state index in [-0.39, 0.29) is 6.10 Å². The minimum absolute atomic E-state index is 0.235. The molecule has 0 atom stereocenters. The van der Waals surface area contributed by atoms with E-state index in [0.717, 1.165) is 35.4 Å². The molecule has 0 saturated heterocycles. The van der Waals surface area contributed by atoms with E-state index in [1.165, 1.54) is 0 Å². The molecule has 0 spiro atoms. The van der Waals surface area contributed by atoms with Gasteiger partial charge in [-0.3, -0.25) is 0 Å². The molecule has 1 aromatic carbocycles. The average Bonchev–Trinajstić information content (AvgIpc) is 2.41. The summed E-state index contributed by atoms with van der Waals surface area (Å²) in [5.41, 5.74) is 1.12. The summed E-state index contributed by atoms with van der Waals surface area (Å²) < 4.78 is 16.8. The van der Waals surface area contributed by atoms with Crippen molar-refractivity contribution in [2.45, 2.75) is 38.6 Å². The Balaban J connectivity index is 2.57. The van der Waals surface area contributed by atoms with Crippen LogP contribution in [0.4, 0.5) is 0 Å². The zero-order valence-electron chi connectivity index (χ0n) is 11.9. The maximum atomic E-state index is 5.76. The molecular formula is C15H23BrO3. The molecule has 0 N–H and O–H groups in total. The lowest BCUT2D eigenvalue weighted by Crippen LogP contribution is -2.12. The number of hydrogen-bond donors (Lipinski definition) is 0. The quantitative estimate of drug-likeness (QED) is 0.502. The fraction of sp³-hybridized carbons (Fsp3) is 0.600. The standard InChI is InChI=1S/C15H23BrO3/c1-4-7-18-14-6-5-13(11-16)15(10-14)19-9-8-17-12(2)3/h5-6,10,12H,4,7-9,11H2,1-3H3. The van der Waals surface area contributed by atoms with Gasteiger partial charge in [-0.2, -0.15) is 0 Å². The summed E-state index contributed by atoms with van der Waals surface area (Å²) in [6, 6.07) is 5.95. The summed E-state index contributed by atoms with van der Waals surface area (Å²) in [4.78, 5) is 0. The van der Waals surface area contributed by atoms with E-state index >= 15 is 0 Å². The Bertz CT molecular complexity index is 366. The number of alkyl halides is 1. The van der Waals surface area contributed by atoms with Gasteiger partial charge in [0.05, 0.1) is 19.3 Å². The van der Waals surface area contributed by atoms with Crippen molar-refractivity contribution >= 4 is 15.9 Å². The molecule has 0 saturated carbocycles. The number of hydrogen-bond acceptors (Lipinski definition) is 3. The molecule has 0 aliphatic heterocycles. The highest BCUT2D eigenvalue weighted by Gasteiger charge is 2.05. The van der Waals surface area contributed by atoms with E-state index in [2.05, 4.69) is 22.9 Å². The molecule has 0 aromatic heterocycles. The van der Waals surface area contributed by atoms with Crippen LogP contribution in [0.25, 0.3) is 0 Å². The van der Waals surface area contributed by atoms with Crippen LogP contribution in [-0.2, 0) is 10.1 Å². The van der Waals surface area contributed by atoms with Gasteiger partial charge in [-0.05, 0) is 26.3 Å². The highest BCUT2D eigenvalue weighted by molar-refractivity contribution is 9.08. The molecule has 0 aliphatic carbocycles. The maximum absolute atomic E-state index is 5.76. The number of benzene rings is 1. The molecule has 0 bridgehead atoms. The molecule has 0 aliphatic rings. The van der Waals surface area contributed by atoms with Crippen molar-refractivity contribution in [3.8, 4) is 11.5 Å². The van der Waals surface area contributed by atoms with E-state index in [9.17, 15) is 0 Å².